The van der Waals surface area contributed by atoms with E-state index < -0.39 is 0 Å². The summed E-state index contributed by atoms with van der Waals surface area (Å²) in [5.74, 6) is 1.81. The van der Waals surface area contributed by atoms with Gasteiger partial charge < -0.3 is 10.6 Å². The van der Waals surface area contributed by atoms with Gasteiger partial charge in [0.25, 0.3) is 0 Å². The number of hydrogen-bond donors (Lipinski definition) is 2. The molecule has 0 aromatic heterocycles. The van der Waals surface area contributed by atoms with E-state index in [-0.39, 0.29) is 11.4 Å². The van der Waals surface area contributed by atoms with E-state index in [4.69, 9.17) is 0 Å². The van der Waals surface area contributed by atoms with Crippen molar-refractivity contribution in [1.29, 1.82) is 0 Å². The zero-order valence-corrected chi connectivity index (χ0v) is 10.3. The molecule has 0 radical (unpaired) electrons. The highest BCUT2D eigenvalue weighted by Gasteiger charge is 2.57. The van der Waals surface area contributed by atoms with E-state index >= 15 is 0 Å². The van der Waals surface area contributed by atoms with Crippen LogP contribution in [0.5, 0.6) is 0 Å². The van der Waals surface area contributed by atoms with E-state index in [1.807, 2.05) is 0 Å². The summed E-state index contributed by atoms with van der Waals surface area (Å²) < 4.78 is 0. The second-order valence-electron chi connectivity index (χ2n) is 6.45. The van der Waals surface area contributed by atoms with Crippen LogP contribution in [0.25, 0.3) is 0 Å². The Balaban J connectivity index is 1.89. The fourth-order valence-electron chi connectivity index (χ4n) is 5.07. The van der Waals surface area contributed by atoms with E-state index in [2.05, 4.69) is 17.7 Å². The molecule has 4 aliphatic carbocycles. The van der Waals surface area contributed by atoms with Gasteiger partial charge in [-0.2, -0.15) is 0 Å². The first-order chi connectivity index (χ1) is 7.55. The van der Waals surface area contributed by atoms with Crippen molar-refractivity contribution in [3.63, 3.8) is 0 Å². The Morgan fingerprint density at radius 1 is 1.12 bits per heavy atom. The SMILES string of the molecule is CNC12CC3CC(C1)CC(NC(C)=O)(C3)C2. The summed E-state index contributed by atoms with van der Waals surface area (Å²) in [5.41, 5.74) is 0.450. The molecule has 4 saturated carbocycles. The zero-order valence-electron chi connectivity index (χ0n) is 10.3. The summed E-state index contributed by atoms with van der Waals surface area (Å²) in [6.07, 6.45) is 7.61. The Labute approximate surface area is 97.4 Å². The lowest BCUT2D eigenvalue weighted by Gasteiger charge is -2.62. The van der Waals surface area contributed by atoms with Gasteiger partial charge in [-0.05, 0) is 57.4 Å². The summed E-state index contributed by atoms with van der Waals surface area (Å²) in [6, 6.07) is 0. The predicted molar refractivity (Wildman–Crippen MR) is 63.0 cm³/mol. The summed E-state index contributed by atoms with van der Waals surface area (Å²) in [4.78, 5) is 11.4. The summed E-state index contributed by atoms with van der Waals surface area (Å²) >= 11 is 0. The molecule has 3 heteroatoms. The van der Waals surface area contributed by atoms with Crippen molar-refractivity contribution >= 4 is 5.91 Å². The van der Waals surface area contributed by atoms with Crippen molar-refractivity contribution in [3.05, 3.63) is 0 Å². The van der Waals surface area contributed by atoms with Crippen LogP contribution < -0.4 is 10.6 Å². The molecule has 16 heavy (non-hydrogen) atoms. The minimum Gasteiger partial charge on any atom is -0.351 e. The quantitative estimate of drug-likeness (QED) is 0.742. The maximum atomic E-state index is 11.4. The van der Waals surface area contributed by atoms with Crippen molar-refractivity contribution < 1.29 is 4.79 Å². The van der Waals surface area contributed by atoms with Crippen LogP contribution in [0.2, 0.25) is 0 Å². The molecule has 0 heterocycles. The van der Waals surface area contributed by atoms with Gasteiger partial charge in [0.1, 0.15) is 0 Å². The monoisotopic (exact) mass is 222 g/mol. The van der Waals surface area contributed by atoms with Gasteiger partial charge in [-0.15, -0.1) is 0 Å². The summed E-state index contributed by atoms with van der Waals surface area (Å²) in [5, 5.41) is 6.82. The fraction of sp³-hybridized carbons (Fsp3) is 0.923. The molecule has 0 spiro atoms. The van der Waals surface area contributed by atoms with Crippen LogP contribution in [0.4, 0.5) is 0 Å². The summed E-state index contributed by atoms with van der Waals surface area (Å²) in [6.45, 7) is 1.66. The molecule has 0 aromatic rings. The standard InChI is InChI=1S/C13H22N2O/c1-9(16)15-13-6-10-3-11(7-13)5-12(4-10,8-13)14-2/h10-11,14H,3-8H2,1-2H3,(H,15,16). The first kappa shape index (κ1) is 10.6. The van der Waals surface area contributed by atoms with Gasteiger partial charge >= 0.3 is 0 Å². The second-order valence-corrected chi connectivity index (χ2v) is 6.45. The third kappa shape index (κ3) is 1.48. The molecule has 4 rings (SSSR count). The van der Waals surface area contributed by atoms with Gasteiger partial charge in [-0.25, -0.2) is 0 Å². The molecule has 0 aromatic carbocycles. The molecule has 2 unspecified atom stereocenters. The molecule has 1 amide bonds. The highest BCUT2D eigenvalue weighted by Crippen LogP contribution is 2.57. The van der Waals surface area contributed by atoms with Crippen LogP contribution in [-0.2, 0) is 4.79 Å². The molecule has 4 aliphatic rings. The molecule has 3 nitrogen and oxygen atoms in total. The van der Waals surface area contributed by atoms with Gasteiger partial charge in [0, 0.05) is 18.0 Å². The lowest BCUT2D eigenvalue weighted by Crippen LogP contribution is -2.68. The molecule has 2 N–H and O–H groups in total. The molecule has 2 atom stereocenters. The Morgan fingerprint density at radius 2 is 1.69 bits per heavy atom. The summed E-state index contributed by atoms with van der Waals surface area (Å²) in [7, 11) is 2.09. The van der Waals surface area contributed by atoms with Crippen molar-refractivity contribution in [2.45, 2.75) is 56.5 Å². The molecular formula is C13H22N2O. The molecular weight excluding hydrogens is 200 g/mol. The molecule has 90 valence electrons. The van der Waals surface area contributed by atoms with Crippen LogP contribution in [0.15, 0.2) is 0 Å². The van der Waals surface area contributed by atoms with Crippen molar-refractivity contribution in [1.82, 2.24) is 10.6 Å². The Morgan fingerprint density at radius 3 is 2.19 bits per heavy atom. The van der Waals surface area contributed by atoms with E-state index in [9.17, 15) is 4.79 Å². The van der Waals surface area contributed by atoms with E-state index in [0.717, 1.165) is 18.3 Å². The number of hydrogen-bond acceptors (Lipinski definition) is 2. The minimum absolute atomic E-state index is 0.124. The normalized spacial score (nSPS) is 49.4. The Bertz CT molecular complexity index is 312. The second kappa shape index (κ2) is 3.22. The number of amides is 1. The van der Waals surface area contributed by atoms with Crippen LogP contribution in [0.3, 0.4) is 0 Å². The lowest BCUT2D eigenvalue weighted by molar-refractivity contribution is -0.125. The van der Waals surface area contributed by atoms with Gasteiger partial charge in [0.05, 0.1) is 0 Å². The average molecular weight is 222 g/mol. The fourth-order valence-corrected chi connectivity index (χ4v) is 5.07. The maximum Gasteiger partial charge on any atom is 0.217 e. The number of rotatable bonds is 2. The van der Waals surface area contributed by atoms with Crippen LogP contribution in [0, 0.1) is 11.8 Å². The molecule has 4 bridgehead atoms. The number of carbonyl (C=O) groups excluding carboxylic acids is 1. The highest BCUT2D eigenvalue weighted by molar-refractivity contribution is 5.74. The minimum atomic E-state index is 0.124. The smallest absolute Gasteiger partial charge is 0.217 e. The predicted octanol–water partition coefficient (Wildman–Crippen LogP) is 1.43. The van der Waals surface area contributed by atoms with Crippen molar-refractivity contribution in [3.8, 4) is 0 Å². The van der Waals surface area contributed by atoms with Gasteiger partial charge in [-0.3, -0.25) is 4.79 Å². The third-order valence-corrected chi connectivity index (χ3v) is 5.03. The Kier molecular flexibility index (Phi) is 2.13. The largest absolute Gasteiger partial charge is 0.351 e. The van der Waals surface area contributed by atoms with Gasteiger partial charge in [0.15, 0.2) is 0 Å². The first-order valence-corrected chi connectivity index (χ1v) is 6.52. The van der Waals surface area contributed by atoms with Crippen LogP contribution >= 0.6 is 0 Å². The van der Waals surface area contributed by atoms with E-state index in [0.29, 0.717) is 5.54 Å². The molecule has 0 saturated heterocycles. The van der Waals surface area contributed by atoms with Gasteiger partial charge in [-0.1, -0.05) is 0 Å². The maximum absolute atomic E-state index is 11.4. The first-order valence-electron chi connectivity index (χ1n) is 6.52. The Hall–Kier alpha value is -0.570. The average Bonchev–Trinajstić information content (AvgIpc) is 2.13. The van der Waals surface area contributed by atoms with E-state index in [1.165, 1.54) is 32.1 Å². The third-order valence-electron chi connectivity index (χ3n) is 5.03. The number of carbonyl (C=O) groups is 1. The molecule has 4 fully saturated rings. The zero-order chi connectivity index (χ0) is 11.4. The number of nitrogens with one attached hydrogen (secondary N) is 2. The van der Waals surface area contributed by atoms with Crippen molar-refractivity contribution in [2.24, 2.45) is 11.8 Å². The van der Waals surface area contributed by atoms with Gasteiger partial charge in [0.2, 0.25) is 5.91 Å². The van der Waals surface area contributed by atoms with Crippen molar-refractivity contribution in [2.75, 3.05) is 7.05 Å². The lowest BCUT2D eigenvalue weighted by atomic mass is 9.50. The highest BCUT2D eigenvalue weighted by atomic mass is 16.1. The van der Waals surface area contributed by atoms with E-state index in [1.54, 1.807) is 6.92 Å². The molecule has 0 aliphatic heterocycles. The van der Waals surface area contributed by atoms with Crippen LogP contribution in [-0.4, -0.2) is 24.0 Å². The topological polar surface area (TPSA) is 41.1 Å². The van der Waals surface area contributed by atoms with Crippen LogP contribution in [0.1, 0.15) is 45.4 Å².